The first-order valence-corrected chi connectivity index (χ1v) is 4.49. The molecule has 0 spiro atoms. The molecule has 0 aliphatic heterocycles. The first kappa shape index (κ1) is 10.0. The van der Waals surface area contributed by atoms with Gasteiger partial charge in [-0.3, -0.25) is 15.3 Å². The van der Waals surface area contributed by atoms with Gasteiger partial charge in [0.1, 0.15) is 5.69 Å². The van der Waals surface area contributed by atoms with E-state index in [2.05, 4.69) is 4.98 Å². The second-order valence-corrected chi connectivity index (χ2v) is 3.09. The summed E-state index contributed by atoms with van der Waals surface area (Å²) in [6.45, 7) is 0. The van der Waals surface area contributed by atoms with Gasteiger partial charge in [-0.25, -0.2) is 4.98 Å². The summed E-state index contributed by atoms with van der Waals surface area (Å²) >= 11 is 0. The number of nitrogens with zero attached hydrogens (tertiary/aromatic N) is 3. The van der Waals surface area contributed by atoms with Crippen LogP contribution in [0.25, 0.3) is 11.4 Å². The second-order valence-electron chi connectivity index (χ2n) is 3.09. The third kappa shape index (κ3) is 1.81. The summed E-state index contributed by atoms with van der Waals surface area (Å²) in [6.07, 6.45) is 2.76. The fraction of sp³-hybridized carbons (Fsp3) is 0. The smallest absolute Gasteiger partial charge is 0.284 e. The van der Waals surface area contributed by atoms with Crippen molar-refractivity contribution in [2.75, 3.05) is 0 Å². The van der Waals surface area contributed by atoms with E-state index in [1.807, 2.05) is 0 Å². The van der Waals surface area contributed by atoms with E-state index >= 15 is 0 Å². The minimum atomic E-state index is -0.521. The van der Waals surface area contributed by atoms with Crippen molar-refractivity contribution in [2.24, 2.45) is 0 Å². The van der Waals surface area contributed by atoms with E-state index in [9.17, 15) is 15.3 Å². The fourth-order valence-corrected chi connectivity index (χ4v) is 1.30. The topological polar surface area (TPSA) is 80.1 Å². The van der Waals surface area contributed by atoms with Crippen LogP contribution in [-0.4, -0.2) is 15.1 Å². The van der Waals surface area contributed by atoms with Crippen molar-refractivity contribution >= 4 is 5.69 Å². The molecule has 0 aromatic carbocycles. The lowest BCUT2D eigenvalue weighted by molar-refractivity contribution is -0.896. The molecular weight excluding hydrogens is 210 g/mol. The highest BCUT2D eigenvalue weighted by atomic mass is 16.6. The van der Waals surface area contributed by atoms with E-state index in [-0.39, 0.29) is 11.4 Å². The van der Waals surface area contributed by atoms with E-state index < -0.39 is 4.92 Å². The Bertz CT molecular complexity index is 528. The Balaban J connectivity index is 2.56. The standard InChI is InChI=1S/C10H8N3O3/c14-12-6-4-8(13(15)16)7-10(12)9-3-1-2-5-11-9/h1-7,14H/q+1. The van der Waals surface area contributed by atoms with Crippen LogP contribution >= 0.6 is 0 Å². The van der Waals surface area contributed by atoms with Crippen LogP contribution in [0.15, 0.2) is 42.7 Å². The second kappa shape index (κ2) is 3.93. The fourth-order valence-electron chi connectivity index (χ4n) is 1.30. The molecule has 0 radical (unpaired) electrons. The molecule has 2 heterocycles. The number of pyridine rings is 2. The van der Waals surface area contributed by atoms with Crippen molar-refractivity contribution in [3.8, 4) is 11.4 Å². The van der Waals surface area contributed by atoms with E-state index in [1.165, 1.54) is 18.3 Å². The zero-order valence-corrected chi connectivity index (χ0v) is 8.15. The van der Waals surface area contributed by atoms with Crippen molar-refractivity contribution in [1.29, 1.82) is 0 Å². The van der Waals surface area contributed by atoms with Crippen LogP contribution in [0, 0.1) is 10.1 Å². The molecule has 80 valence electrons. The molecule has 2 rings (SSSR count). The Morgan fingerprint density at radius 3 is 2.81 bits per heavy atom. The van der Waals surface area contributed by atoms with Gasteiger partial charge in [0.15, 0.2) is 0 Å². The van der Waals surface area contributed by atoms with Gasteiger partial charge in [-0.05, 0) is 12.1 Å². The van der Waals surface area contributed by atoms with Crippen LogP contribution in [0.3, 0.4) is 0 Å². The lowest BCUT2D eigenvalue weighted by atomic mass is 10.2. The van der Waals surface area contributed by atoms with Crippen molar-refractivity contribution in [2.45, 2.75) is 0 Å². The molecule has 2 aromatic heterocycles. The normalized spacial score (nSPS) is 10.0. The molecule has 0 aliphatic carbocycles. The van der Waals surface area contributed by atoms with Crippen molar-refractivity contribution in [1.82, 2.24) is 4.98 Å². The minimum Gasteiger partial charge on any atom is -0.284 e. The van der Waals surface area contributed by atoms with Crippen LogP contribution in [0.1, 0.15) is 0 Å². The van der Waals surface area contributed by atoms with Crippen molar-refractivity contribution in [3.63, 3.8) is 0 Å². The lowest BCUT2D eigenvalue weighted by Gasteiger charge is -1.96. The summed E-state index contributed by atoms with van der Waals surface area (Å²) in [5.74, 6) is 0. The third-order valence-electron chi connectivity index (χ3n) is 2.06. The molecule has 0 fully saturated rings. The highest BCUT2D eigenvalue weighted by Gasteiger charge is 2.19. The summed E-state index contributed by atoms with van der Waals surface area (Å²) in [6, 6.07) is 7.60. The zero-order valence-electron chi connectivity index (χ0n) is 8.15. The average Bonchev–Trinajstić information content (AvgIpc) is 2.30. The van der Waals surface area contributed by atoms with Gasteiger partial charge < -0.3 is 0 Å². The maximum absolute atomic E-state index is 10.6. The van der Waals surface area contributed by atoms with Gasteiger partial charge in [0.25, 0.3) is 11.4 Å². The predicted octanol–water partition coefficient (Wildman–Crippen LogP) is 1.18. The van der Waals surface area contributed by atoms with Gasteiger partial charge in [-0.1, -0.05) is 6.07 Å². The van der Waals surface area contributed by atoms with Gasteiger partial charge in [0.05, 0.1) is 17.1 Å². The Hall–Kier alpha value is -2.50. The zero-order chi connectivity index (χ0) is 11.5. The molecule has 0 atom stereocenters. The number of aromatic nitrogens is 2. The minimum absolute atomic E-state index is 0.0917. The number of hydrogen-bond acceptors (Lipinski definition) is 4. The Kier molecular flexibility index (Phi) is 2.47. The summed E-state index contributed by atoms with van der Waals surface area (Å²) in [7, 11) is 0. The molecule has 1 N–H and O–H groups in total. The predicted molar refractivity (Wildman–Crippen MR) is 53.7 cm³/mol. The first-order chi connectivity index (χ1) is 7.68. The van der Waals surface area contributed by atoms with Gasteiger partial charge in [-0.2, -0.15) is 0 Å². The SMILES string of the molecule is O=[N+]([O-])c1cc[n+](O)c(-c2ccccn2)c1. The van der Waals surface area contributed by atoms with Crippen molar-refractivity contribution in [3.05, 3.63) is 52.8 Å². The Labute approximate surface area is 90.5 Å². The molecule has 2 aromatic rings. The van der Waals surface area contributed by atoms with Gasteiger partial charge in [-0.15, -0.1) is 0 Å². The van der Waals surface area contributed by atoms with Crippen LogP contribution in [-0.2, 0) is 0 Å². The lowest BCUT2D eigenvalue weighted by Crippen LogP contribution is -2.32. The molecule has 0 saturated carbocycles. The van der Waals surface area contributed by atoms with E-state index in [0.29, 0.717) is 5.69 Å². The van der Waals surface area contributed by atoms with E-state index in [4.69, 9.17) is 0 Å². The Morgan fingerprint density at radius 2 is 2.19 bits per heavy atom. The molecule has 0 unspecified atom stereocenters. The highest BCUT2D eigenvalue weighted by molar-refractivity contribution is 5.53. The molecule has 16 heavy (non-hydrogen) atoms. The van der Waals surface area contributed by atoms with E-state index in [1.54, 1.807) is 24.4 Å². The molecule has 6 nitrogen and oxygen atoms in total. The van der Waals surface area contributed by atoms with Gasteiger partial charge >= 0.3 is 0 Å². The molecule has 0 amide bonds. The van der Waals surface area contributed by atoms with Crippen LogP contribution in [0.2, 0.25) is 0 Å². The monoisotopic (exact) mass is 218 g/mol. The molecule has 0 bridgehead atoms. The summed E-state index contributed by atoms with van der Waals surface area (Å²) in [4.78, 5) is 14.1. The maximum Gasteiger partial charge on any atom is 0.289 e. The molecule has 0 saturated heterocycles. The van der Waals surface area contributed by atoms with Crippen LogP contribution in [0.4, 0.5) is 5.69 Å². The number of hydrogen-bond donors (Lipinski definition) is 1. The molecule has 6 heteroatoms. The summed E-state index contributed by atoms with van der Waals surface area (Å²) in [5.41, 5.74) is 0.648. The van der Waals surface area contributed by atoms with Crippen molar-refractivity contribution < 1.29 is 14.9 Å². The third-order valence-corrected chi connectivity index (χ3v) is 2.06. The average molecular weight is 218 g/mol. The summed E-state index contributed by atoms with van der Waals surface area (Å²) < 4.78 is 0.801. The quantitative estimate of drug-likeness (QED) is 0.355. The molecular formula is C10H8N3O3+. The first-order valence-electron chi connectivity index (χ1n) is 4.49. The van der Waals surface area contributed by atoms with E-state index in [0.717, 1.165) is 4.73 Å². The van der Waals surface area contributed by atoms with Crippen LogP contribution < -0.4 is 4.73 Å². The Morgan fingerprint density at radius 1 is 1.38 bits per heavy atom. The van der Waals surface area contributed by atoms with Gasteiger partial charge in [0.2, 0.25) is 6.20 Å². The largest absolute Gasteiger partial charge is 0.289 e. The number of rotatable bonds is 2. The molecule has 0 aliphatic rings. The van der Waals surface area contributed by atoms with Crippen LogP contribution in [0.5, 0.6) is 0 Å². The maximum atomic E-state index is 10.6. The van der Waals surface area contributed by atoms with Gasteiger partial charge in [0, 0.05) is 10.9 Å². The number of nitro groups is 1. The summed E-state index contributed by atoms with van der Waals surface area (Å²) in [5, 5.41) is 20.1. The highest BCUT2D eigenvalue weighted by Crippen LogP contribution is 2.17.